The number of halogens is 1. The van der Waals surface area contributed by atoms with Crippen LogP contribution in [-0.2, 0) is 13.0 Å². The molecule has 1 aromatic carbocycles. The largest absolute Gasteiger partial charge is 0.357 e. The highest BCUT2D eigenvalue weighted by atomic mass is 32.1. The summed E-state index contributed by atoms with van der Waals surface area (Å²) < 4.78 is 12.9. The molecule has 1 heterocycles. The SMILES string of the molecule is CCNC(=NCc1ccc(F)cc1)NCCCc1nc(C)cs1. The maximum Gasteiger partial charge on any atom is 0.191 e. The molecule has 0 saturated heterocycles. The number of nitrogens with one attached hydrogen (secondary N) is 2. The summed E-state index contributed by atoms with van der Waals surface area (Å²) in [6.45, 7) is 6.23. The van der Waals surface area contributed by atoms with E-state index in [4.69, 9.17) is 0 Å². The predicted octanol–water partition coefficient (Wildman–Crippen LogP) is 3.28. The molecule has 0 amide bonds. The molecule has 0 atom stereocenters. The van der Waals surface area contributed by atoms with Crippen molar-refractivity contribution in [3.63, 3.8) is 0 Å². The summed E-state index contributed by atoms with van der Waals surface area (Å²) in [4.78, 5) is 8.98. The first-order chi connectivity index (χ1) is 11.2. The Hall–Kier alpha value is -1.95. The van der Waals surface area contributed by atoms with Gasteiger partial charge < -0.3 is 10.6 Å². The summed E-state index contributed by atoms with van der Waals surface area (Å²) in [6, 6.07) is 6.43. The molecule has 2 aromatic rings. The molecule has 1 aromatic heterocycles. The minimum Gasteiger partial charge on any atom is -0.357 e. The summed E-state index contributed by atoms with van der Waals surface area (Å²) in [7, 11) is 0. The van der Waals surface area contributed by atoms with Crippen LogP contribution in [0.2, 0.25) is 0 Å². The molecule has 0 bridgehead atoms. The fourth-order valence-electron chi connectivity index (χ4n) is 2.07. The lowest BCUT2D eigenvalue weighted by Crippen LogP contribution is -2.37. The molecule has 0 fully saturated rings. The van der Waals surface area contributed by atoms with Gasteiger partial charge >= 0.3 is 0 Å². The first-order valence-electron chi connectivity index (χ1n) is 7.85. The van der Waals surface area contributed by atoms with Crippen molar-refractivity contribution in [2.75, 3.05) is 13.1 Å². The van der Waals surface area contributed by atoms with Gasteiger partial charge in [0.1, 0.15) is 5.82 Å². The number of aromatic nitrogens is 1. The van der Waals surface area contributed by atoms with Crippen molar-refractivity contribution in [1.29, 1.82) is 0 Å². The monoisotopic (exact) mass is 334 g/mol. The zero-order valence-corrected chi connectivity index (χ0v) is 14.4. The van der Waals surface area contributed by atoms with E-state index in [-0.39, 0.29) is 5.82 Å². The Morgan fingerprint density at radius 3 is 2.70 bits per heavy atom. The lowest BCUT2D eigenvalue weighted by atomic mass is 10.2. The normalized spacial score (nSPS) is 11.5. The summed E-state index contributed by atoms with van der Waals surface area (Å²) in [5.74, 6) is 0.562. The van der Waals surface area contributed by atoms with E-state index in [1.165, 1.54) is 17.1 Å². The Labute approximate surface area is 140 Å². The van der Waals surface area contributed by atoms with Gasteiger partial charge in [0.05, 0.1) is 11.6 Å². The Kier molecular flexibility index (Phi) is 7.00. The maximum atomic E-state index is 12.9. The molecule has 4 nitrogen and oxygen atoms in total. The number of hydrogen-bond acceptors (Lipinski definition) is 3. The van der Waals surface area contributed by atoms with Crippen molar-refractivity contribution in [3.05, 3.63) is 51.7 Å². The van der Waals surface area contributed by atoms with Gasteiger partial charge in [-0.1, -0.05) is 12.1 Å². The molecule has 0 spiro atoms. The number of guanidine groups is 1. The van der Waals surface area contributed by atoms with E-state index in [0.29, 0.717) is 6.54 Å². The summed E-state index contributed by atoms with van der Waals surface area (Å²) in [6.07, 6.45) is 1.98. The van der Waals surface area contributed by atoms with Gasteiger partial charge in [0.15, 0.2) is 5.96 Å². The number of aliphatic imine (C=N–C) groups is 1. The Morgan fingerprint density at radius 2 is 2.04 bits per heavy atom. The van der Waals surface area contributed by atoms with Crippen LogP contribution in [0.5, 0.6) is 0 Å². The number of benzene rings is 1. The third kappa shape index (κ3) is 6.36. The van der Waals surface area contributed by atoms with Crippen LogP contribution in [0, 0.1) is 12.7 Å². The van der Waals surface area contributed by atoms with Crippen molar-refractivity contribution < 1.29 is 4.39 Å². The van der Waals surface area contributed by atoms with Gasteiger partial charge in [-0.25, -0.2) is 14.4 Å². The Balaban J connectivity index is 1.78. The smallest absolute Gasteiger partial charge is 0.191 e. The molecule has 2 rings (SSSR count). The number of aryl methyl sites for hydroxylation is 2. The first kappa shape index (κ1) is 17.4. The van der Waals surface area contributed by atoms with Crippen molar-refractivity contribution in [3.8, 4) is 0 Å². The number of nitrogens with zero attached hydrogens (tertiary/aromatic N) is 2. The van der Waals surface area contributed by atoms with Crippen LogP contribution in [-0.4, -0.2) is 24.0 Å². The molecule has 124 valence electrons. The fourth-order valence-corrected chi connectivity index (χ4v) is 2.88. The third-order valence-electron chi connectivity index (χ3n) is 3.20. The van der Waals surface area contributed by atoms with Crippen LogP contribution in [0.4, 0.5) is 4.39 Å². The number of hydrogen-bond donors (Lipinski definition) is 2. The van der Waals surface area contributed by atoms with Gasteiger partial charge in [0, 0.05) is 30.6 Å². The second-order valence-corrected chi connectivity index (χ2v) is 6.18. The lowest BCUT2D eigenvalue weighted by Gasteiger charge is -2.11. The molecule has 0 radical (unpaired) electrons. The summed E-state index contributed by atoms with van der Waals surface area (Å²) in [5.41, 5.74) is 2.08. The van der Waals surface area contributed by atoms with Crippen LogP contribution >= 0.6 is 11.3 Å². The molecular formula is C17H23FN4S. The van der Waals surface area contributed by atoms with E-state index in [2.05, 4.69) is 26.0 Å². The van der Waals surface area contributed by atoms with E-state index < -0.39 is 0 Å². The molecule has 0 aliphatic heterocycles. The van der Waals surface area contributed by atoms with Gasteiger partial charge in [-0.3, -0.25) is 0 Å². The molecule has 0 unspecified atom stereocenters. The van der Waals surface area contributed by atoms with Crippen LogP contribution < -0.4 is 10.6 Å². The average molecular weight is 334 g/mol. The van der Waals surface area contributed by atoms with Crippen LogP contribution in [0.15, 0.2) is 34.6 Å². The van der Waals surface area contributed by atoms with Crippen molar-refractivity contribution in [2.24, 2.45) is 4.99 Å². The average Bonchev–Trinajstić information content (AvgIpc) is 2.96. The van der Waals surface area contributed by atoms with E-state index in [0.717, 1.165) is 43.1 Å². The quantitative estimate of drug-likeness (QED) is 0.464. The lowest BCUT2D eigenvalue weighted by molar-refractivity contribution is 0.627. The maximum absolute atomic E-state index is 12.9. The van der Waals surface area contributed by atoms with Crippen molar-refractivity contribution >= 4 is 17.3 Å². The van der Waals surface area contributed by atoms with Crippen LogP contribution in [0.1, 0.15) is 29.6 Å². The summed E-state index contributed by atoms with van der Waals surface area (Å²) in [5, 5.41) is 9.80. The highest BCUT2D eigenvalue weighted by molar-refractivity contribution is 7.09. The molecule has 6 heteroatoms. The number of rotatable bonds is 7. The zero-order chi connectivity index (χ0) is 16.5. The van der Waals surface area contributed by atoms with E-state index in [1.54, 1.807) is 23.5 Å². The van der Waals surface area contributed by atoms with Crippen molar-refractivity contribution in [2.45, 2.75) is 33.2 Å². The second kappa shape index (κ2) is 9.25. The fraction of sp³-hybridized carbons (Fsp3) is 0.412. The van der Waals surface area contributed by atoms with E-state index in [1.807, 2.05) is 13.8 Å². The van der Waals surface area contributed by atoms with Crippen molar-refractivity contribution in [1.82, 2.24) is 15.6 Å². The molecule has 23 heavy (non-hydrogen) atoms. The standard InChI is InChI=1S/C17H23FN4S/c1-3-19-17(21-11-14-6-8-15(18)9-7-14)20-10-4-5-16-22-13(2)12-23-16/h6-9,12H,3-5,10-11H2,1-2H3,(H2,19,20,21). The minimum atomic E-state index is -0.222. The van der Waals surface area contributed by atoms with Crippen LogP contribution in [0.3, 0.4) is 0 Å². The molecule has 2 N–H and O–H groups in total. The molecule has 0 aliphatic rings. The zero-order valence-electron chi connectivity index (χ0n) is 13.6. The van der Waals surface area contributed by atoms with E-state index >= 15 is 0 Å². The van der Waals surface area contributed by atoms with Gasteiger partial charge in [-0.15, -0.1) is 11.3 Å². The predicted molar refractivity (Wildman–Crippen MR) is 94.4 cm³/mol. The Bertz CT molecular complexity index is 622. The molecule has 0 saturated carbocycles. The Morgan fingerprint density at radius 1 is 1.26 bits per heavy atom. The number of thiazole rings is 1. The summed E-state index contributed by atoms with van der Waals surface area (Å²) >= 11 is 1.71. The van der Waals surface area contributed by atoms with E-state index in [9.17, 15) is 4.39 Å². The van der Waals surface area contributed by atoms with Gasteiger partial charge in [0.25, 0.3) is 0 Å². The topological polar surface area (TPSA) is 49.3 Å². The minimum absolute atomic E-state index is 0.222. The molecular weight excluding hydrogens is 311 g/mol. The highest BCUT2D eigenvalue weighted by Crippen LogP contribution is 2.10. The second-order valence-electron chi connectivity index (χ2n) is 5.23. The first-order valence-corrected chi connectivity index (χ1v) is 8.73. The highest BCUT2D eigenvalue weighted by Gasteiger charge is 2.01. The van der Waals surface area contributed by atoms with Gasteiger partial charge in [-0.2, -0.15) is 0 Å². The van der Waals surface area contributed by atoms with Crippen LogP contribution in [0.25, 0.3) is 0 Å². The van der Waals surface area contributed by atoms with Gasteiger partial charge in [0.2, 0.25) is 0 Å². The van der Waals surface area contributed by atoms with Gasteiger partial charge in [-0.05, 0) is 38.0 Å². The third-order valence-corrected chi connectivity index (χ3v) is 4.23. The molecule has 0 aliphatic carbocycles.